The molecule has 2 atom stereocenters. The Morgan fingerprint density at radius 2 is 2.05 bits per heavy atom. The summed E-state index contributed by atoms with van der Waals surface area (Å²) in [5.74, 6) is 0.882. The summed E-state index contributed by atoms with van der Waals surface area (Å²) in [5, 5.41) is 7.09. The van der Waals surface area contributed by atoms with Crippen LogP contribution in [0.2, 0.25) is 0 Å². The lowest BCUT2D eigenvalue weighted by molar-refractivity contribution is -0.173. The lowest BCUT2D eigenvalue weighted by atomic mass is 10.0. The van der Waals surface area contributed by atoms with Crippen molar-refractivity contribution in [2.45, 2.75) is 51.7 Å². The average Bonchev–Trinajstić information content (AvgIpc) is 2.87. The second-order valence-corrected chi connectivity index (χ2v) is 5.00. The highest BCUT2D eigenvalue weighted by Gasteiger charge is 2.27. The van der Waals surface area contributed by atoms with E-state index in [4.69, 9.17) is 4.52 Å². The largest absolute Gasteiger partial charge is 0.411 e. The predicted octanol–water partition coefficient (Wildman–Crippen LogP) is 2.68. The van der Waals surface area contributed by atoms with Gasteiger partial charge in [-0.3, -0.25) is 0 Å². The van der Waals surface area contributed by atoms with E-state index in [-0.39, 0.29) is 25.0 Å². The molecule has 0 saturated heterocycles. The molecule has 1 heterocycles. The minimum absolute atomic E-state index is 0.0360. The van der Waals surface area contributed by atoms with Gasteiger partial charge in [-0.05, 0) is 19.9 Å². The summed E-state index contributed by atoms with van der Waals surface area (Å²) < 4.78 is 45.4. The molecule has 0 saturated carbocycles. The molecular formula is C13H22F3N3O2. The van der Waals surface area contributed by atoms with E-state index >= 15 is 0 Å². The normalized spacial score (nSPS) is 15.1. The van der Waals surface area contributed by atoms with Crippen molar-refractivity contribution in [3.63, 3.8) is 0 Å². The maximum Gasteiger partial charge on any atom is 0.411 e. The minimum atomic E-state index is -4.31. The fourth-order valence-electron chi connectivity index (χ4n) is 1.67. The summed E-state index contributed by atoms with van der Waals surface area (Å²) in [6.07, 6.45) is -3.08. The van der Waals surface area contributed by atoms with Crippen molar-refractivity contribution in [3.05, 3.63) is 11.7 Å². The molecule has 1 aromatic rings. The fraction of sp³-hybridized carbons (Fsp3) is 0.846. The first-order valence-electron chi connectivity index (χ1n) is 7.03. The molecule has 0 fully saturated rings. The highest BCUT2D eigenvalue weighted by atomic mass is 19.4. The molecule has 8 heteroatoms. The van der Waals surface area contributed by atoms with E-state index in [1.165, 1.54) is 0 Å². The number of hydrogen-bond acceptors (Lipinski definition) is 5. The second kappa shape index (κ2) is 8.33. The molecule has 0 aliphatic rings. The van der Waals surface area contributed by atoms with Gasteiger partial charge in [-0.15, -0.1) is 0 Å². The van der Waals surface area contributed by atoms with E-state index in [0.29, 0.717) is 11.7 Å². The third-order valence-corrected chi connectivity index (χ3v) is 3.08. The third-order valence-electron chi connectivity index (χ3n) is 3.08. The number of hydrogen-bond donors (Lipinski definition) is 1. The first kappa shape index (κ1) is 17.9. The predicted molar refractivity (Wildman–Crippen MR) is 71.0 cm³/mol. The number of alkyl halides is 3. The molecule has 0 bridgehead atoms. The lowest BCUT2D eigenvalue weighted by Gasteiger charge is -2.17. The second-order valence-electron chi connectivity index (χ2n) is 5.00. The van der Waals surface area contributed by atoms with Gasteiger partial charge < -0.3 is 14.6 Å². The van der Waals surface area contributed by atoms with Crippen molar-refractivity contribution in [2.24, 2.45) is 0 Å². The van der Waals surface area contributed by atoms with E-state index in [0.717, 1.165) is 13.0 Å². The smallest absolute Gasteiger partial charge is 0.372 e. The summed E-state index contributed by atoms with van der Waals surface area (Å²) in [6.45, 7) is 5.62. The molecule has 1 rings (SSSR count). The first-order valence-corrected chi connectivity index (χ1v) is 7.03. The van der Waals surface area contributed by atoms with Crippen LogP contribution in [0.25, 0.3) is 0 Å². The number of nitrogens with zero attached hydrogens (tertiary/aromatic N) is 2. The van der Waals surface area contributed by atoms with Gasteiger partial charge in [-0.25, -0.2) is 0 Å². The Hall–Kier alpha value is -1.15. The number of halogens is 3. The van der Waals surface area contributed by atoms with Crippen molar-refractivity contribution in [3.8, 4) is 0 Å². The van der Waals surface area contributed by atoms with Crippen LogP contribution >= 0.6 is 0 Å². The van der Waals surface area contributed by atoms with Gasteiger partial charge >= 0.3 is 6.18 Å². The Morgan fingerprint density at radius 1 is 1.33 bits per heavy atom. The zero-order chi connectivity index (χ0) is 15.9. The molecular weight excluding hydrogens is 287 g/mol. The van der Waals surface area contributed by atoms with Crippen LogP contribution in [-0.4, -0.2) is 42.1 Å². The highest BCUT2D eigenvalue weighted by molar-refractivity contribution is 4.96. The Bertz CT molecular complexity index is 410. The zero-order valence-corrected chi connectivity index (χ0v) is 12.5. The molecule has 0 radical (unpaired) electrons. The lowest BCUT2D eigenvalue weighted by Crippen LogP contribution is -2.31. The fourth-order valence-corrected chi connectivity index (χ4v) is 1.67. The van der Waals surface area contributed by atoms with Gasteiger partial charge in [0, 0.05) is 12.5 Å². The quantitative estimate of drug-likeness (QED) is 0.711. The van der Waals surface area contributed by atoms with Crippen molar-refractivity contribution >= 4 is 0 Å². The number of aromatic nitrogens is 2. The molecule has 122 valence electrons. The van der Waals surface area contributed by atoms with Crippen LogP contribution in [0, 0.1) is 0 Å². The van der Waals surface area contributed by atoms with Crippen molar-refractivity contribution in [2.75, 3.05) is 19.8 Å². The number of ether oxygens (including phenoxy) is 1. The van der Waals surface area contributed by atoms with Gasteiger partial charge in [-0.1, -0.05) is 19.0 Å². The molecule has 0 spiro atoms. The molecule has 1 N–H and O–H groups in total. The van der Waals surface area contributed by atoms with Gasteiger partial charge in [0.2, 0.25) is 5.89 Å². The van der Waals surface area contributed by atoms with Crippen molar-refractivity contribution in [1.82, 2.24) is 15.5 Å². The van der Waals surface area contributed by atoms with Gasteiger partial charge in [0.05, 0.1) is 12.5 Å². The molecule has 21 heavy (non-hydrogen) atoms. The monoisotopic (exact) mass is 309 g/mol. The summed E-state index contributed by atoms with van der Waals surface area (Å²) in [7, 11) is 0. The average molecular weight is 309 g/mol. The molecule has 0 aliphatic carbocycles. The Labute approximate surface area is 122 Å². The number of rotatable bonds is 9. The van der Waals surface area contributed by atoms with E-state index < -0.39 is 12.8 Å². The third kappa shape index (κ3) is 6.90. The van der Waals surface area contributed by atoms with Crippen molar-refractivity contribution in [1.29, 1.82) is 0 Å². The molecule has 1 aromatic heterocycles. The van der Waals surface area contributed by atoms with E-state index in [9.17, 15) is 13.2 Å². The molecule has 2 unspecified atom stereocenters. The zero-order valence-electron chi connectivity index (χ0n) is 12.5. The molecule has 5 nitrogen and oxygen atoms in total. The molecule has 0 aromatic carbocycles. The van der Waals surface area contributed by atoms with Gasteiger partial charge in [0.1, 0.15) is 6.61 Å². The topological polar surface area (TPSA) is 60.2 Å². The Balaban J connectivity index is 2.38. The maximum absolute atomic E-state index is 11.9. The molecule has 0 amide bonds. The van der Waals surface area contributed by atoms with Crippen LogP contribution in [0.4, 0.5) is 13.2 Å². The van der Waals surface area contributed by atoms with Crippen LogP contribution in [0.15, 0.2) is 4.52 Å². The first-order chi connectivity index (χ1) is 9.83. The highest BCUT2D eigenvalue weighted by Crippen LogP contribution is 2.18. The van der Waals surface area contributed by atoms with E-state index in [2.05, 4.69) is 27.1 Å². The van der Waals surface area contributed by atoms with Crippen LogP contribution in [0.3, 0.4) is 0 Å². The van der Waals surface area contributed by atoms with Crippen LogP contribution in [0.1, 0.15) is 44.8 Å². The van der Waals surface area contributed by atoms with E-state index in [1.54, 1.807) is 0 Å². The van der Waals surface area contributed by atoms with E-state index in [1.807, 2.05) is 13.8 Å². The van der Waals surface area contributed by atoms with Gasteiger partial charge in [0.15, 0.2) is 5.82 Å². The summed E-state index contributed by atoms with van der Waals surface area (Å²) in [5.41, 5.74) is 0. The van der Waals surface area contributed by atoms with Gasteiger partial charge in [0.25, 0.3) is 0 Å². The maximum atomic E-state index is 11.9. The van der Waals surface area contributed by atoms with Crippen LogP contribution < -0.4 is 5.32 Å². The SMILES string of the molecule is CCCNC(C)C(C)c1nc(CCOCC(F)(F)F)no1. The molecule has 0 aliphatic heterocycles. The summed E-state index contributed by atoms with van der Waals surface area (Å²) in [4.78, 5) is 4.19. The summed E-state index contributed by atoms with van der Waals surface area (Å²) in [6, 6.07) is 0.180. The van der Waals surface area contributed by atoms with Crippen molar-refractivity contribution < 1.29 is 22.4 Å². The van der Waals surface area contributed by atoms with Crippen LogP contribution in [-0.2, 0) is 11.2 Å². The van der Waals surface area contributed by atoms with Gasteiger partial charge in [-0.2, -0.15) is 18.2 Å². The Morgan fingerprint density at radius 3 is 2.67 bits per heavy atom. The standard InChI is InChI=1S/C13H22F3N3O2/c1-4-6-17-10(3)9(2)12-18-11(19-21-12)5-7-20-8-13(14,15)16/h9-10,17H,4-8H2,1-3H3. The minimum Gasteiger partial charge on any atom is -0.372 e. The summed E-state index contributed by atoms with van der Waals surface area (Å²) >= 11 is 0. The van der Waals surface area contributed by atoms with Crippen LogP contribution in [0.5, 0.6) is 0 Å². The number of nitrogens with one attached hydrogen (secondary N) is 1. The Kier molecular flexibility index (Phi) is 7.10.